The van der Waals surface area contributed by atoms with Crippen LogP contribution in [0, 0.1) is 12.7 Å². The number of carbonyl (C=O) groups is 1. The van der Waals surface area contributed by atoms with Gasteiger partial charge < -0.3 is 19.3 Å². The lowest BCUT2D eigenvalue weighted by Crippen LogP contribution is -2.14. The number of aromatic nitrogens is 1. The molecule has 0 unspecified atom stereocenters. The molecule has 0 amide bonds. The van der Waals surface area contributed by atoms with E-state index in [1.807, 2.05) is 12.1 Å². The van der Waals surface area contributed by atoms with Gasteiger partial charge in [0, 0.05) is 16.8 Å². The quantitative estimate of drug-likeness (QED) is 0.337. The summed E-state index contributed by atoms with van der Waals surface area (Å²) in [6.45, 7) is 3.30. The summed E-state index contributed by atoms with van der Waals surface area (Å²) < 4.78 is 26.5. The number of benzene rings is 3. The van der Waals surface area contributed by atoms with Crippen LogP contribution in [0.15, 0.2) is 74.3 Å². The third-order valence-corrected chi connectivity index (χ3v) is 5.70. The van der Waals surface area contributed by atoms with Crippen molar-refractivity contribution in [2.75, 3.05) is 5.32 Å². The molecule has 7 nitrogen and oxygen atoms in total. The normalized spacial score (nSPS) is 12.2. The van der Waals surface area contributed by atoms with Crippen LogP contribution in [-0.2, 0) is 0 Å². The van der Waals surface area contributed by atoms with Gasteiger partial charge in [-0.2, -0.15) is 0 Å². The number of hydrogen-bond donors (Lipinski definition) is 2. The molecule has 8 heteroatoms. The maximum Gasteiger partial charge on any atom is 0.337 e. The van der Waals surface area contributed by atoms with Gasteiger partial charge in [0.2, 0.25) is 0 Å². The molecule has 0 fully saturated rings. The van der Waals surface area contributed by atoms with Crippen molar-refractivity contribution >= 4 is 33.7 Å². The molecule has 0 radical (unpaired) electrons. The van der Waals surface area contributed by atoms with Crippen LogP contribution >= 0.6 is 0 Å². The summed E-state index contributed by atoms with van der Waals surface area (Å²) in [6.07, 6.45) is 0. The number of anilines is 1. The lowest BCUT2D eigenvalue weighted by atomic mass is 10.0. The van der Waals surface area contributed by atoms with Crippen LogP contribution in [0.1, 0.15) is 34.5 Å². The predicted octanol–water partition coefficient (Wildman–Crippen LogP) is 5.92. The van der Waals surface area contributed by atoms with E-state index < -0.39 is 23.3 Å². The summed E-state index contributed by atoms with van der Waals surface area (Å²) in [7, 11) is 0. The van der Waals surface area contributed by atoms with Gasteiger partial charge in [0.1, 0.15) is 16.9 Å². The van der Waals surface area contributed by atoms with Crippen molar-refractivity contribution in [3.63, 3.8) is 0 Å². The zero-order chi connectivity index (χ0) is 24.0. The second-order valence-electron chi connectivity index (χ2n) is 7.96. The molecule has 5 aromatic rings. The predicted molar refractivity (Wildman–Crippen MR) is 126 cm³/mol. The van der Waals surface area contributed by atoms with Crippen LogP contribution in [0.2, 0.25) is 0 Å². The number of nitrogens with one attached hydrogen (secondary N) is 1. The first-order valence-corrected chi connectivity index (χ1v) is 10.5. The number of aromatic carboxylic acids is 1. The Bertz CT molecular complexity index is 1600. The van der Waals surface area contributed by atoms with E-state index in [1.54, 1.807) is 44.2 Å². The van der Waals surface area contributed by atoms with Gasteiger partial charge in [0.05, 0.1) is 17.0 Å². The zero-order valence-electron chi connectivity index (χ0n) is 18.3. The molecule has 0 spiro atoms. The molecule has 2 aromatic heterocycles. The van der Waals surface area contributed by atoms with Crippen molar-refractivity contribution in [2.45, 2.75) is 19.9 Å². The lowest BCUT2D eigenvalue weighted by molar-refractivity contribution is 0.0698. The summed E-state index contributed by atoms with van der Waals surface area (Å²) in [5.41, 5.74) is 1.93. The van der Waals surface area contributed by atoms with Crippen molar-refractivity contribution in [1.82, 2.24) is 4.98 Å². The molecule has 1 atom stereocenters. The van der Waals surface area contributed by atoms with E-state index in [2.05, 4.69) is 10.3 Å². The Labute approximate surface area is 192 Å². The highest BCUT2D eigenvalue weighted by atomic mass is 19.1. The number of halogens is 1. The summed E-state index contributed by atoms with van der Waals surface area (Å²) >= 11 is 0. The van der Waals surface area contributed by atoms with Gasteiger partial charge in [-0.15, -0.1) is 0 Å². The van der Waals surface area contributed by atoms with Gasteiger partial charge in [-0.05, 0) is 50.2 Å². The SMILES string of the molecule is Cc1c(-c2nc3ccccc3o2)oc2c([C@@H](C)Nc3ccccc3C(=O)O)cc(F)cc2c1=O. The molecule has 0 aliphatic carbocycles. The minimum atomic E-state index is -1.10. The highest BCUT2D eigenvalue weighted by Crippen LogP contribution is 2.33. The van der Waals surface area contributed by atoms with Crippen molar-refractivity contribution in [1.29, 1.82) is 0 Å². The molecule has 0 saturated heterocycles. The van der Waals surface area contributed by atoms with Crippen LogP contribution in [0.25, 0.3) is 33.7 Å². The zero-order valence-corrected chi connectivity index (χ0v) is 18.3. The Balaban J connectivity index is 1.68. The number of para-hydroxylation sites is 3. The Kier molecular flexibility index (Phi) is 5.13. The Morgan fingerprint density at radius 2 is 1.82 bits per heavy atom. The number of hydrogen-bond acceptors (Lipinski definition) is 6. The fourth-order valence-corrected chi connectivity index (χ4v) is 3.98. The Morgan fingerprint density at radius 3 is 2.59 bits per heavy atom. The number of nitrogens with zero attached hydrogens (tertiary/aromatic N) is 1. The standard InChI is InChI=1S/C26H19FN2O5/c1-13-22(30)18-12-15(27)11-17(14(2)28-19-8-4-3-7-16(19)26(31)32)24(18)34-23(13)25-29-20-9-5-6-10-21(20)33-25/h3-12,14,28H,1-2H3,(H,31,32)/t14-/m1/s1. The van der Waals surface area contributed by atoms with Crippen LogP contribution in [0.4, 0.5) is 10.1 Å². The van der Waals surface area contributed by atoms with Gasteiger partial charge in [0.15, 0.2) is 16.8 Å². The van der Waals surface area contributed by atoms with Gasteiger partial charge in [0.25, 0.3) is 5.89 Å². The van der Waals surface area contributed by atoms with Crippen molar-refractivity contribution < 1.29 is 23.1 Å². The van der Waals surface area contributed by atoms with E-state index in [0.29, 0.717) is 22.4 Å². The van der Waals surface area contributed by atoms with E-state index in [4.69, 9.17) is 8.83 Å². The highest BCUT2D eigenvalue weighted by Gasteiger charge is 2.23. The van der Waals surface area contributed by atoms with E-state index in [-0.39, 0.29) is 33.7 Å². The van der Waals surface area contributed by atoms with Gasteiger partial charge in [-0.25, -0.2) is 14.2 Å². The summed E-state index contributed by atoms with van der Waals surface area (Å²) in [4.78, 5) is 29.2. The third kappa shape index (κ3) is 3.59. The number of carboxylic acid groups (broad SMARTS) is 1. The van der Waals surface area contributed by atoms with E-state index in [9.17, 15) is 19.1 Å². The van der Waals surface area contributed by atoms with Crippen molar-refractivity contribution in [2.24, 2.45) is 0 Å². The second-order valence-corrected chi connectivity index (χ2v) is 7.96. The molecule has 3 aromatic carbocycles. The topological polar surface area (TPSA) is 106 Å². The fourth-order valence-electron chi connectivity index (χ4n) is 3.98. The van der Waals surface area contributed by atoms with E-state index in [0.717, 1.165) is 6.07 Å². The molecular weight excluding hydrogens is 439 g/mol. The Hall–Kier alpha value is -4.46. The van der Waals surface area contributed by atoms with Gasteiger partial charge in [-0.1, -0.05) is 24.3 Å². The molecular formula is C26H19FN2O5. The smallest absolute Gasteiger partial charge is 0.337 e. The third-order valence-electron chi connectivity index (χ3n) is 5.70. The molecule has 0 aliphatic rings. The maximum absolute atomic E-state index is 14.5. The summed E-state index contributed by atoms with van der Waals surface area (Å²) in [6, 6.07) is 15.4. The molecule has 0 saturated carbocycles. The molecule has 5 rings (SSSR count). The summed E-state index contributed by atoms with van der Waals surface area (Å²) in [5.74, 6) is -1.41. The lowest BCUT2D eigenvalue weighted by Gasteiger charge is -2.19. The maximum atomic E-state index is 14.5. The number of carboxylic acids is 1. The summed E-state index contributed by atoms with van der Waals surface area (Å²) in [5, 5.41) is 12.6. The number of fused-ring (bicyclic) bond motifs is 2. The van der Waals surface area contributed by atoms with Crippen LogP contribution in [0.3, 0.4) is 0 Å². The first-order chi connectivity index (χ1) is 16.3. The largest absolute Gasteiger partial charge is 0.478 e. The molecule has 2 N–H and O–H groups in total. The minimum Gasteiger partial charge on any atom is -0.478 e. The van der Waals surface area contributed by atoms with E-state index in [1.165, 1.54) is 12.1 Å². The van der Waals surface area contributed by atoms with Crippen LogP contribution < -0.4 is 10.7 Å². The monoisotopic (exact) mass is 458 g/mol. The first-order valence-electron chi connectivity index (χ1n) is 10.5. The molecule has 34 heavy (non-hydrogen) atoms. The average molecular weight is 458 g/mol. The molecule has 0 bridgehead atoms. The molecule has 170 valence electrons. The van der Waals surface area contributed by atoms with Gasteiger partial charge >= 0.3 is 5.97 Å². The van der Waals surface area contributed by atoms with Gasteiger partial charge in [-0.3, -0.25) is 4.79 Å². The first kappa shape index (κ1) is 21.4. The van der Waals surface area contributed by atoms with Crippen LogP contribution in [0.5, 0.6) is 0 Å². The fraction of sp³-hybridized carbons (Fsp3) is 0.115. The average Bonchev–Trinajstić information content (AvgIpc) is 3.25. The number of rotatable bonds is 5. The molecule has 2 heterocycles. The highest BCUT2D eigenvalue weighted by molar-refractivity contribution is 5.94. The minimum absolute atomic E-state index is 0.0690. The van der Waals surface area contributed by atoms with E-state index >= 15 is 0 Å². The molecule has 0 aliphatic heterocycles. The second kappa shape index (κ2) is 8.15. The van der Waals surface area contributed by atoms with Crippen molar-refractivity contribution in [3.8, 4) is 11.7 Å². The number of oxazole rings is 1. The van der Waals surface area contributed by atoms with Crippen LogP contribution in [-0.4, -0.2) is 16.1 Å². The van der Waals surface area contributed by atoms with Crippen molar-refractivity contribution in [3.05, 3.63) is 93.4 Å². The Morgan fingerprint density at radius 1 is 1.09 bits per heavy atom.